The Morgan fingerprint density at radius 1 is 1.04 bits per heavy atom. The van der Waals surface area contributed by atoms with Gasteiger partial charge in [0.1, 0.15) is 0 Å². The Hall–Kier alpha value is -2.33. The van der Waals surface area contributed by atoms with Gasteiger partial charge >= 0.3 is 0 Å². The lowest BCUT2D eigenvalue weighted by molar-refractivity contribution is -0.117. The zero-order valence-electron chi connectivity index (χ0n) is 12.7. The van der Waals surface area contributed by atoms with Crippen molar-refractivity contribution in [3.8, 4) is 0 Å². The number of hydrogen-bond acceptors (Lipinski definition) is 2. The van der Waals surface area contributed by atoms with E-state index in [0.29, 0.717) is 16.3 Å². The van der Waals surface area contributed by atoms with Gasteiger partial charge in [-0.1, -0.05) is 23.7 Å². The fourth-order valence-corrected chi connectivity index (χ4v) is 2.50. The molecule has 0 atom stereocenters. The summed E-state index contributed by atoms with van der Waals surface area (Å²) in [5, 5.41) is 6.30. The number of carbonyl (C=O) groups excluding carboxylic acids is 2. The molecule has 0 radical (unpaired) electrons. The van der Waals surface area contributed by atoms with Gasteiger partial charge < -0.3 is 10.6 Å². The molecule has 1 saturated carbocycles. The molecule has 0 heterocycles. The van der Waals surface area contributed by atoms with Crippen LogP contribution in [0.4, 0.5) is 11.4 Å². The first kappa shape index (κ1) is 15.6. The van der Waals surface area contributed by atoms with Gasteiger partial charge in [0.15, 0.2) is 0 Å². The van der Waals surface area contributed by atoms with Crippen LogP contribution in [0.2, 0.25) is 5.02 Å². The lowest BCUT2D eigenvalue weighted by Gasteiger charge is -2.13. The van der Waals surface area contributed by atoms with Crippen molar-refractivity contribution in [2.24, 2.45) is 5.92 Å². The van der Waals surface area contributed by atoms with Crippen molar-refractivity contribution in [3.05, 3.63) is 58.6 Å². The Morgan fingerprint density at radius 3 is 2.35 bits per heavy atom. The predicted molar refractivity (Wildman–Crippen MR) is 91.9 cm³/mol. The summed E-state index contributed by atoms with van der Waals surface area (Å²) in [5.41, 5.74) is 2.72. The average molecular weight is 329 g/mol. The van der Waals surface area contributed by atoms with E-state index in [9.17, 15) is 9.59 Å². The Kier molecular flexibility index (Phi) is 4.35. The smallest absolute Gasteiger partial charge is 0.255 e. The molecule has 1 fully saturated rings. The van der Waals surface area contributed by atoms with Crippen molar-refractivity contribution < 1.29 is 9.59 Å². The second-order valence-corrected chi connectivity index (χ2v) is 6.14. The van der Waals surface area contributed by atoms with E-state index in [1.54, 1.807) is 24.3 Å². The van der Waals surface area contributed by atoms with E-state index in [0.717, 1.165) is 24.1 Å². The van der Waals surface area contributed by atoms with Crippen molar-refractivity contribution in [2.75, 3.05) is 10.6 Å². The number of anilines is 2. The molecule has 2 aromatic rings. The van der Waals surface area contributed by atoms with Crippen molar-refractivity contribution >= 4 is 34.8 Å². The summed E-state index contributed by atoms with van der Waals surface area (Å²) in [7, 11) is 0. The number of hydrogen-bond donors (Lipinski definition) is 2. The van der Waals surface area contributed by atoms with Crippen LogP contribution in [0.1, 0.15) is 28.8 Å². The van der Waals surface area contributed by atoms with E-state index >= 15 is 0 Å². The minimum absolute atomic E-state index is 0.0476. The third-order valence-electron chi connectivity index (χ3n) is 3.87. The number of amides is 2. The summed E-state index contributed by atoms with van der Waals surface area (Å²) in [4.78, 5) is 24.2. The molecule has 0 bridgehead atoms. The van der Waals surface area contributed by atoms with E-state index in [-0.39, 0.29) is 17.7 Å². The molecule has 3 rings (SSSR count). The molecule has 1 aliphatic carbocycles. The molecule has 0 aromatic heterocycles. The largest absolute Gasteiger partial charge is 0.326 e. The van der Waals surface area contributed by atoms with Crippen LogP contribution in [0.25, 0.3) is 0 Å². The maximum Gasteiger partial charge on any atom is 0.255 e. The van der Waals surface area contributed by atoms with Crippen LogP contribution in [0.5, 0.6) is 0 Å². The van der Waals surface area contributed by atoms with E-state index in [2.05, 4.69) is 10.6 Å². The first-order valence-electron chi connectivity index (χ1n) is 7.52. The number of nitrogens with one attached hydrogen (secondary N) is 2. The van der Waals surface area contributed by atoms with Crippen LogP contribution in [-0.4, -0.2) is 11.8 Å². The van der Waals surface area contributed by atoms with Gasteiger partial charge in [-0.25, -0.2) is 0 Å². The summed E-state index contributed by atoms with van der Waals surface area (Å²) in [5.74, 6) is -0.0493. The third kappa shape index (κ3) is 3.71. The standard InChI is InChI=1S/C18H17ClN2O2/c1-11-15(20-17(22)12-8-9-12)6-3-7-16(11)21-18(23)13-4-2-5-14(19)10-13/h2-7,10,12H,8-9H2,1H3,(H,20,22)(H,21,23). The summed E-state index contributed by atoms with van der Waals surface area (Å²) in [6, 6.07) is 12.2. The molecular weight excluding hydrogens is 312 g/mol. The number of benzene rings is 2. The van der Waals surface area contributed by atoms with Gasteiger partial charge in [-0.15, -0.1) is 0 Å². The molecule has 1 aliphatic rings. The minimum Gasteiger partial charge on any atom is -0.326 e. The van der Waals surface area contributed by atoms with E-state index in [1.807, 2.05) is 25.1 Å². The van der Waals surface area contributed by atoms with Crippen LogP contribution >= 0.6 is 11.6 Å². The van der Waals surface area contributed by atoms with Gasteiger partial charge in [0.25, 0.3) is 5.91 Å². The van der Waals surface area contributed by atoms with E-state index in [1.165, 1.54) is 0 Å². The first-order valence-corrected chi connectivity index (χ1v) is 7.90. The molecular formula is C18H17ClN2O2. The second kappa shape index (κ2) is 6.42. The van der Waals surface area contributed by atoms with Crippen molar-refractivity contribution in [3.63, 3.8) is 0 Å². The lowest BCUT2D eigenvalue weighted by Crippen LogP contribution is -2.16. The minimum atomic E-state index is -0.235. The Balaban J connectivity index is 1.77. The van der Waals surface area contributed by atoms with E-state index < -0.39 is 0 Å². The molecule has 0 aliphatic heterocycles. The molecule has 2 amide bonds. The van der Waals surface area contributed by atoms with Gasteiger partial charge in [0.05, 0.1) is 0 Å². The summed E-state index contributed by atoms with van der Waals surface area (Å²) < 4.78 is 0. The fourth-order valence-electron chi connectivity index (χ4n) is 2.31. The Morgan fingerprint density at radius 2 is 1.70 bits per heavy atom. The zero-order chi connectivity index (χ0) is 16.4. The summed E-state index contributed by atoms with van der Waals surface area (Å²) in [6.45, 7) is 1.87. The number of halogens is 1. The quantitative estimate of drug-likeness (QED) is 0.881. The second-order valence-electron chi connectivity index (χ2n) is 5.71. The summed E-state index contributed by atoms with van der Waals surface area (Å²) >= 11 is 5.91. The molecule has 0 saturated heterocycles. The van der Waals surface area contributed by atoms with E-state index in [4.69, 9.17) is 11.6 Å². The molecule has 23 heavy (non-hydrogen) atoms. The maximum absolute atomic E-state index is 12.3. The zero-order valence-corrected chi connectivity index (χ0v) is 13.5. The van der Waals surface area contributed by atoms with Crippen LogP contribution < -0.4 is 10.6 Å². The SMILES string of the molecule is Cc1c(NC(=O)c2cccc(Cl)c2)cccc1NC(=O)C1CC1. The highest BCUT2D eigenvalue weighted by atomic mass is 35.5. The molecule has 2 aromatic carbocycles. The van der Waals surface area contributed by atoms with Gasteiger partial charge in [0.2, 0.25) is 5.91 Å². The monoisotopic (exact) mass is 328 g/mol. The Labute approximate surface area is 139 Å². The van der Waals surface area contributed by atoms with Crippen molar-refractivity contribution in [1.82, 2.24) is 0 Å². The van der Waals surface area contributed by atoms with Gasteiger partial charge in [-0.2, -0.15) is 0 Å². The highest BCUT2D eigenvalue weighted by Gasteiger charge is 2.29. The topological polar surface area (TPSA) is 58.2 Å². The third-order valence-corrected chi connectivity index (χ3v) is 4.11. The summed E-state index contributed by atoms with van der Waals surface area (Å²) in [6.07, 6.45) is 1.91. The van der Waals surface area contributed by atoms with Gasteiger partial charge in [0, 0.05) is 27.9 Å². The highest BCUT2D eigenvalue weighted by Crippen LogP contribution is 2.31. The Bertz CT molecular complexity index is 769. The molecule has 0 unspecified atom stereocenters. The lowest BCUT2D eigenvalue weighted by atomic mass is 10.1. The highest BCUT2D eigenvalue weighted by molar-refractivity contribution is 6.31. The number of carbonyl (C=O) groups is 2. The molecule has 5 heteroatoms. The normalized spacial score (nSPS) is 13.5. The average Bonchev–Trinajstić information content (AvgIpc) is 3.36. The molecule has 2 N–H and O–H groups in total. The van der Waals surface area contributed by atoms with Gasteiger partial charge in [-0.3, -0.25) is 9.59 Å². The maximum atomic E-state index is 12.3. The van der Waals surface area contributed by atoms with Crippen LogP contribution in [0.15, 0.2) is 42.5 Å². The van der Waals surface area contributed by atoms with Crippen molar-refractivity contribution in [2.45, 2.75) is 19.8 Å². The fraction of sp³-hybridized carbons (Fsp3) is 0.222. The number of rotatable bonds is 4. The van der Waals surface area contributed by atoms with Crippen molar-refractivity contribution in [1.29, 1.82) is 0 Å². The van der Waals surface area contributed by atoms with Gasteiger partial charge in [-0.05, 0) is 55.7 Å². The van der Waals surface area contributed by atoms with Crippen LogP contribution in [-0.2, 0) is 4.79 Å². The molecule has 118 valence electrons. The van der Waals surface area contributed by atoms with Crippen LogP contribution in [0, 0.1) is 12.8 Å². The van der Waals surface area contributed by atoms with Crippen LogP contribution in [0.3, 0.4) is 0 Å². The molecule has 4 nitrogen and oxygen atoms in total. The first-order chi connectivity index (χ1) is 11.0. The molecule has 0 spiro atoms. The predicted octanol–water partition coefficient (Wildman–Crippen LogP) is 4.25.